The van der Waals surface area contributed by atoms with Crippen molar-refractivity contribution in [1.29, 1.82) is 0 Å². The standard InChI is InChI=1S/C23H24ClFN4O2/c1-4-6-15(5-2)31-16-7-8-19(24)17(9-16)21-12-28-22(13-27-21)29-23(30)18-10-26-11-20(25)14(18)3/h7-13,15H,4-6H2,1-3H3,(H,28,29,30). The summed E-state index contributed by atoms with van der Waals surface area (Å²) >= 11 is 6.36. The number of hydrogen-bond acceptors (Lipinski definition) is 5. The molecule has 0 radical (unpaired) electrons. The van der Waals surface area contributed by atoms with Gasteiger partial charge < -0.3 is 10.1 Å². The largest absolute Gasteiger partial charge is 0.490 e. The summed E-state index contributed by atoms with van der Waals surface area (Å²) in [6.07, 6.45) is 8.39. The first kappa shape index (κ1) is 22.6. The molecule has 1 N–H and O–H groups in total. The van der Waals surface area contributed by atoms with Crippen LogP contribution in [0.5, 0.6) is 5.75 Å². The fourth-order valence-corrected chi connectivity index (χ4v) is 3.29. The second-order valence-corrected chi connectivity index (χ2v) is 7.52. The fourth-order valence-electron chi connectivity index (χ4n) is 3.08. The minimum Gasteiger partial charge on any atom is -0.490 e. The lowest BCUT2D eigenvalue weighted by Gasteiger charge is -2.17. The zero-order valence-electron chi connectivity index (χ0n) is 17.7. The molecule has 0 aliphatic heterocycles. The number of carbonyl (C=O) groups is 1. The molecule has 0 aliphatic rings. The van der Waals surface area contributed by atoms with E-state index < -0.39 is 11.7 Å². The van der Waals surface area contributed by atoms with Gasteiger partial charge in [0.25, 0.3) is 5.91 Å². The fraction of sp³-hybridized carbons (Fsp3) is 0.304. The maximum Gasteiger partial charge on any atom is 0.258 e. The zero-order chi connectivity index (χ0) is 22.4. The molecular formula is C23H24ClFN4O2. The molecule has 1 aromatic carbocycles. The quantitative estimate of drug-likeness (QED) is 0.473. The Labute approximate surface area is 185 Å². The highest BCUT2D eigenvalue weighted by molar-refractivity contribution is 6.33. The normalized spacial score (nSPS) is 11.8. The van der Waals surface area contributed by atoms with E-state index in [2.05, 4.69) is 34.1 Å². The molecule has 1 amide bonds. The molecule has 6 nitrogen and oxygen atoms in total. The van der Waals surface area contributed by atoms with Crippen LogP contribution in [-0.2, 0) is 0 Å². The van der Waals surface area contributed by atoms with E-state index in [0.717, 1.165) is 25.5 Å². The summed E-state index contributed by atoms with van der Waals surface area (Å²) in [5.41, 5.74) is 1.58. The highest BCUT2D eigenvalue weighted by atomic mass is 35.5. The Morgan fingerprint density at radius 2 is 2.00 bits per heavy atom. The van der Waals surface area contributed by atoms with E-state index in [0.29, 0.717) is 22.0 Å². The van der Waals surface area contributed by atoms with Crippen LogP contribution in [0.1, 0.15) is 49.0 Å². The molecule has 1 atom stereocenters. The number of ether oxygens (including phenoxy) is 1. The van der Waals surface area contributed by atoms with Crippen molar-refractivity contribution in [2.45, 2.75) is 46.1 Å². The van der Waals surface area contributed by atoms with Crippen molar-refractivity contribution in [1.82, 2.24) is 15.0 Å². The molecule has 0 bridgehead atoms. The van der Waals surface area contributed by atoms with Crippen LogP contribution in [0.4, 0.5) is 10.2 Å². The number of pyridine rings is 1. The number of nitrogens with zero attached hydrogens (tertiary/aromatic N) is 3. The zero-order valence-corrected chi connectivity index (χ0v) is 18.4. The summed E-state index contributed by atoms with van der Waals surface area (Å²) in [5.74, 6) is -0.112. The molecule has 0 saturated carbocycles. The van der Waals surface area contributed by atoms with E-state index in [1.165, 1.54) is 25.5 Å². The van der Waals surface area contributed by atoms with Crippen LogP contribution >= 0.6 is 11.6 Å². The summed E-state index contributed by atoms with van der Waals surface area (Å²) in [5, 5.41) is 3.12. The van der Waals surface area contributed by atoms with Gasteiger partial charge in [-0.1, -0.05) is 31.9 Å². The van der Waals surface area contributed by atoms with E-state index in [1.807, 2.05) is 12.1 Å². The first-order valence-corrected chi connectivity index (χ1v) is 10.5. The Morgan fingerprint density at radius 1 is 1.19 bits per heavy atom. The van der Waals surface area contributed by atoms with Crippen LogP contribution < -0.4 is 10.1 Å². The van der Waals surface area contributed by atoms with Gasteiger partial charge in [-0.05, 0) is 38.0 Å². The summed E-state index contributed by atoms with van der Waals surface area (Å²) in [6, 6.07) is 5.44. The molecule has 0 aliphatic carbocycles. The van der Waals surface area contributed by atoms with Crippen molar-refractivity contribution in [3.05, 3.63) is 65.0 Å². The van der Waals surface area contributed by atoms with Crippen molar-refractivity contribution in [2.75, 3.05) is 5.32 Å². The third-order valence-corrected chi connectivity index (χ3v) is 5.20. The van der Waals surface area contributed by atoms with Crippen LogP contribution in [0.2, 0.25) is 5.02 Å². The molecule has 162 valence electrons. The number of hydrogen-bond donors (Lipinski definition) is 1. The van der Waals surface area contributed by atoms with Crippen molar-refractivity contribution in [3.63, 3.8) is 0 Å². The minimum absolute atomic E-state index is 0.135. The van der Waals surface area contributed by atoms with E-state index in [-0.39, 0.29) is 23.0 Å². The maximum absolute atomic E-state index is 13.6. The number of anilines is 1. The average Bonchev–Trinajstić information content (AvgIpc) is 2.77. The number of carbonyl (C=O) groups excluding carboxylic acids is 1. The Morgan fingerprint density at radius 3 is 2.68 bits per heavy atom. The van der Waals surface area contributed by atoms with Crippen molar-refractivity contribution in [2.24, 2.45) is 0 Å². The molecule has 2 aromatic heterocycles. The van der Waals surface area contributed by atoms with E-state index >= 15 is 0 Å². The van der Waals surface area contributed by atoms with Gasteiger partial charge in [-0.15, -0.1) is 0 Å². The Kier molecular flexibility index (Phi) is 7.52. The van der Waals surface area contributed by atoms with Gasteiger partial charge >= 0.3 is 0 Å². The smallest absolute Gasteiger partial charge is 0.258 e. The number of aromatic nitrogens is 3. The monoisotopic (exact) mass is 442 g/mol. The molecule has 3 rings (SSSR count). The second-order valence-electron chi connectivity index (χ2n) is 7.11. The lowest BCUT2D eigenvalue weighted by atomic mass is 10.1. The highest BCUT2D eigenvalue weighted by Crippen LogP contribution is 2.31. The topological polar surface area (TPSA) is 77.0 Å². The van der Waals surface area contributed by atoms with Gasteiger partial charge in [-0.3, -0.25) is 14.8 Å². The predicted octanol–water partition coefficient (Wildman–Crippen LogP) is 5.85. The Bertz CT molecular complexity index is 1060. The first-order chi connectivity index (χ1) is 14.9. The molecule has 0 spiro atoms. The lowest BCUT2D eigenvalue weighted by molar-refractivity contribution is 0.102. The van der Waals surface area contributed by atoms with Crippen molar-refractivity contribution in [3.8, 4) is 17.0 Å². The number of amides is 1. The van der Waals surface area contributed by atoms with Gasteiger partial charge in [-0.2, -0.15) is 0 Å². The summed E-state index contributed by atoms with van der Waals surface area (Å²) in [6.45, 7) is 5.74. The second kappa shape index (κ2) is 10.3. The molecule has 0 fully saturated rings. The minimum atomic E-state index is -0.546. The van der Waals surface area contributed by atoms with Crippen LogP contribution in [0.3, 0.4) is 0 Å². The summed E-state index contributed by atoms with van der Waals surface area (Å²) in [7, 11) is 0. The molecule has 0 saturated heterocycles. The van der Waals surface area contributed by atoms with E-state index in [4.69, 9.17) is 16.3 Å². The van der Waals surface area contributed by atoms with Gasteiger partial charge in [0.1, 0.15) is 11.6 Å². The number of nitrogens with one attached hydrogen (secondary N) is 1. The molecule has 8 heteroatoms. The van der Waals surface area contributed by atoms with Gasteiger partial charge in [0.2, 0.25) is 0 Å². The van der Waals surface area contributed by atoms with Crippen LogP contribution in [0.15, 0.2) is 43.0 Å². The number of halogens is 2. The Hall–Kier alpha value is -3.06. The molecule has 3 aromatic rings. The lowest BCUT2D eigenvalue weighted by Crippen LogP contribution is -2.15. The third kappa shape index (κ3) is 5.55. The van der Waals surface area contributed by atoms with Crippen molar-refractivity contribution >= 4 is 23.3 Å². The van der Waals surface area contributed by atoms with Gasteiger partial charge in [0.05, 0.1) is 41.0 Å². The molecule has 2 heterocycles. The van der Waals surface area contributed by atoms with Gasteiger partial charge in [0, 0.05) is 17.3 Å². The molecular weight excluding hydrogens is 419 g/mol. The SMILES string of the molecule is CCCC(CC)Oc1ccc(Cl)c(-c2cnc(NC(=O)c3cncc(F)c3C)cn2)c1. The van der Waals surface area contributed by atoms with E-state index in [9.17, 15) is 9.18 Å². The average molecular weight is 443 g/mol. The number of rotatable bonds is 8. The Balaban J connectivity index is 1.77. The van der Waals surface area contributed by atoms with Crippen LogP contribution in [0, 0.1) is 12.7 Å². The van der Waals surface area contributed by atoms with E-state index in [1.54, 1.807) is 6.07 Å². The third-order valence-electron chi connectivity index (χ3n) is 4.87. The van der Waals surface area contributed by atoms with Gasteiger partial charge in [-0.25, -0.2) is 9.37 Å². The van der Waals surface area contributed by atoms with Crippen LogP contribution in [-0.4, -0.2) is 27.0 Å². The maximum atomic E-state index is 13.6. The van der Waals surface area contributed by atoms with Gasteiger partial charge in [0.15, 0.2) is 5.82 Å². The predicted molar refractivity (Wildman–Crippen MR) is 119 cm³/mol. The van der Waals surface area contributed by atoms with Crippen molar-refractivity contribution < 1.29 is 13.9 Å². The molecule has 1 unspecified atom stereocenters. The molecule has 31 heavy (non-hydrogen) atoms. The summed E-state index contributed by atoms with van der Waals surface area (Å²) in [4.78, 5) is 24.7. The highest BCUT2D eigenvalue weighted by Gasteiger charge is 2.15. The summed E-state index contributed by atoms with van der Waals surface area (Å²) < 4.78 is 19.7. The first-order valence-electron chi connectivity index (χ1n) is 10.1. The number of benzene rings is 1. The van der Waals surface area contributed by atoms with Crippen LogP contribution in [0.25, 0.3) is 11.3 Å².